The highest BCUT2D eigenvalue weighted by atomic mass is 32.2. The molecule has 1 heterocycles. The smallest absolute Gasteiger partial charge is 0.130 e. The molecule has 1 aliphatic heterocycles. The fourth-order valence-electron chi connectivity index (χ4n) is 0.991. The summed E-state index contributed by atoms with van der Waals surface area (Å²) in [7, 11) is 0. The molecule has 0 radical (unpaired) electrons. The summed E-state index contributed by atoms with van der Waals surface area (Å²) in [5.74, 6) is 2.13. The molecule has 1 aliphatic rings. The molecule has 1 rings (SSSR count). The standard InChI is InChI=1S/C6H13NO2S/c8-5-6(9)7-1-3-10-4-2-7/h6,8-9H,1-5H2. The van der Waals surface area contributed by atoms with E-state index in [0.29, 0.717) is 0 Å². The van der Waals surface area contributed by atoms with Crippen LogP contribution in [0.25, 0.3) is 0 Å². The lowest BCUT2D eigenvalue weighted by atomic mass is 10.4. The minimum absolute atomic E-state index is 0.148. The summed E-state index contributed by atoms with van der Waals surface area (Å²) in [4.78, 5) is 1.90. The van der Waals surface area contributed by atoms with Gasteiger partial charge in [0.2, 0.25) is 0 Å². The van der Waals surface area contributed by atoms with Gasteiger partial charge >= 0.3 is 0 Å². The number of thioether (sulfide) groups is 1. The van der Waals surface area contributed by atoms with Crippen LogP contribution < -0.4 is 0 Å². The van der Waals surface area contributed by atoms with Crippen LogP contribution in [0.4, 0.5) is 0 Å². The van der Waals surface area contributed by atoms with Crippen LogP contribution >= 0.6 is 11.8 Å². The lowest BCUT2D eigenvalue weighted by molar-refractivity contribution is -0.0293. The second kappa shape index (κ2) is 4.18. The topological polar surface area (TPSA) is 43.7 Å². The molecule has 1 atom stereocenters. The van der Waals surface area contributed by atoms with Gasteiger partial charge in [0.05, 0.1) is 6.61 Å². The minimum atomic E-state index is -0.638. The zero-order valence-corrected chi connectivity index (χ0v) is 6.68. The molecule has 0 aliphatic carbocycles. The molecule has 3 nitrogen and oxygen atoms in total. The molecule has 0 aromatic heterocycles. The molecule has 0 spiro atoms. The Bertz CT molecular complexity index is 95.7. The molecule has 0 amide bonds. The second-order valence-corrected chi connectivity index (χ2v) is 3.54. The van der Waals surface area contributed by atoms with Crippen molar-refractivity contribution in [3.05, 3.63) is 0 Å². The van der Waals surface area contributed by atoms with E-state index in [0.717, 1.165) is 24.6 Å². The van der Waals surface area contributed by atoms with Crippen molar-refractivity contribution >= 4 is 11.8 Å². The number of hydrogen-bond acceptors (Lipinski definition) is 4. The van der Waals surface area contributed by atoms with Crippen molar-refractivity contribution in [3.63, 3.8) is 0 Å². The zero-order valence-electron chi connectivity index (χ0n) is 5.86. The van der Waals surface area contributed by atoms with Crippen LogP contribution in [0.5, 0.6) is 0 Å². The van der Waals surface area contributed by atoms with Gasteiger partial charge in [-0.15, -0.1) is 0 Å². The van der Waals surface area contributed by atoms with Gasteiger partial charge in [-0.2, -0.15) is 11.8 Å². The molecule has 0 aromatic carbocycles. The Morgan fingerprint density at radius 1 is 1.40 bits per heavy atom. The highest BCUT2D eigenvalue weighted by Gasteiger charge is 2.16. The maximum Gasteiger partial charge on any atom is 0.130 e. The largest absolute Gasteiger partial charge is 0.392 e. The van der Waals surface area contributed by atoms with Crippen LogP contribution in [0.1, 0.15) is 0 Å². The minimum Gasteiger partial charge on any atom is -0.392 e. The maximum atomic E-state index is 9.15. The Morgan fingerprint density at radius 3 is 2.50 bits per heavy atom. The van der Waals surface area contributed by atoms with Crippen LogP contribution in [0, 0.1) is 0 Å². The van der Waals surface area contributed by atoms with E-state index in [1.165, 1.54) is 0 Å². The van der Waals surface area contributed by atoms with Crippen LogP contribution in [-0.4, -0.2) is 52.5 Å². The van der Waals surface area contributed by atoms with Gasteiger partial charge in [-0.05, 0) is 0 Å². The van der Waals surface area contributed by atoms with Crippen molar-refractivity contribution in [2.75, 3.05) is 31.2 Å². The van der Waals surface area contributed by atoms with Gasteiger partial charge in [-0.1, -0.05) is 0 Å². The van der Waals surface area contributed by atoms with Gasteiger partial charge in [-0.25, -0.2) is 0 Å². The summed E-state index contributed by atoms with van der Waals surface area (Å²) < 4.78 is 0. The molecule has 10 heavy (non-hydrogen) atoms. The number of nitrogens with zero attached hydrogens (tertiary/aromatic N) is 1. The number of aliphatic hydroxyl groups excluding tert-OH is 2. The van der Waals surface area contributed by atoms with E-state index in [1.807, 2.05) is 16.7 Å². The summed E-state index contributed by atoms with van der Waals surface area (Å²) in [6.45, 7) is 1.64. The second-order valence-electron chi connectivity index (χ2n) is 2.31. The van der Waals surface area contributed by atoms with Crippen molar-refractivity contribution in [2.45, 2.75) is 6.23 Å². The summed E-state index contributed by atoms with van der Waals surface area (Å²) in [5, 5.41) is 17.7. The van der Waals surface area contributed by atoms with Crippen LogP contribution in [0.2, 0.25) is 0 Å². The highest BCUT2D eigenvalue weighted by Crippen LogP contribution is 2.10. The molecule has 1 unspecified atom stereocenters. The lowest BCUT2D eigenvalue weighted by Crippen LogP contribution is -2.42. The monoisotopic (exact) mass is 163 g/mol. The third-order valence-corrected chi connectivity index (χ3v) is 2.57. The summed E-state index contributed by atoms with van der Waals surface area (Å²) >= 11 is 1.89. The Hall–Kier alpha value is 0.230. The zero-order chi connectivity index (χ0) is 7.40. The fourth-order valence-corrected chi connectivity index (χ4v) is 1.92. The van der Waals surface area contributed by atoms with E-state index >= 15 is 0 Å². The van der Waals surface area contributed by atoms with Crippen LogP contribution in [0.3, 0.4) is 0 Å². The number of aliphatic hydroxyl groups is 2. The quantitative estimate of drug-likeness (QED) is 0.567. The molecule has 0 aromatic rings. The first kappa shape index (κ1) is 8.33. The highest BCUT2D eigenvalue weighted by molar-refractivity contribution is 7.99. The molecule has 1 fully saturated rings. The summed E-state index contributed by atoms with van der Waals surface area (Å²) in [6.07, 6.45) is -0.638. The summed E-state index contributed by atoms with van der Waals surface area (Å²) in [5.41, 5.74) is 0. The molecule has 4 heteroatoms. The predicted molar refractivity (Wildman–Crippen MR) is 42.0 cm³/mol. The van der Waals surface area contributed by atoms with Crippen molar-refractivity contribution in [3.8, 4) is 0 Å². The number of rotatable bonds is 2. The Labute approximate surface area is 65.0 Å². The predicted octanol–water partition coefficient (Wildman–Crippen LogP) is -0.654. The number of hydrogen-bond donors (Lipinski definition) is 2. The Balaban J connectivity index is 2.24. The molecule has 0 bridgehead atoms. The van der Waals surface area contributed by atoms with Crippen LogP contribution in [-0.2, 0) is 0 Å². The molecule has 0 saturated carbocycles. The van der Waals surface area contributed by atoms with E-state index in [1.54, 1.807) is 0 Å². The molecule has 1 saturated heterocycles. The van der Waals surface area contributed by atoms with Crippen molar-refractivity contribution in [2.24, 2.45) is 0 Å². The normalized spacial score (nSPS) is 24.6. The van der Waals surface area contributed by atoms with Crippen molar-refractivity contribution in [1.82, 2.24) is 4.90 Å². The van der Waals surface area contributed by atoms with E-state index < -0.39 is 6.23 Å². The molecule has 2 N–H and O–H groups in total. The maximum absolute atomic E-state index is 9.15. The first-order chi connectivity index (χ1) is 4.84. The third-order valence-electron chi connectivity index (χ3n) is 1.63. The van der Waals surface area contributed by atoms with E-state index in [-0.39, 0.29) is 6.61 Å². The average Bonchev–Trinajstić information content (AvgIpc) is 2.05. The van der Waals surface area contributed by atoms with Gasteiger partial charge < -0.3 is 10.2 Å². The van der Waals surface area contributed by atoms with Gasteiger partial charge in [0.1, 0.15) is 6.23 Å². The van der Waals surface area contributed by atoms with Gasteiger partial charge in [0, 0.05) is 24.6 Å². The molecular formula is C6H13NO2S. The first-order valence-electron chi connectivity index (χ1n) is 3.45. The van der Waals surface area contributed by atoms with Crippen molar-refractivity contribution < 1.29 is 10.2 Å². The SMILES string of the molecule is OCC(O)N1CCSCC1. The van der Waals surface area contributed by atoms with Gasteiger partial charge in [0.25, 0.3) is 0 Å². The van der Waals surface area contributed by atoms with E-state index in [9.17, 15) is 0 Å². The first-order valence-corrected chi connectivity index (χ1v) is 4.61. The van der Waals surface area contributed by atoms with Gasteiger partial charge in [-0.3, -0.25) is 4.90 Å². The van der Waals surface area contributed by atoms with E-state index in [4.69, 9.17) is 10.2 Å². The molecular weight excluding hydrogens is 150 g/mol. The molecule has 60 valence electrons. The summed E-state index contributed by atoms with van der Waals surface area (Å²) in [6, 6.07) is 0. The van der Waals surface area contributed by atoms with Gasteiger partial charge in [0.15, 0.2) is 0 Å². The average molecular weight is 163 g/mol. The third kappa shape index (κ3) is 2.12. The van der Waals surface area contributed by atoms with Crippen LogP contribution in [0.15, 0.2) is 0 Å². The van der Waals surface area contributed by atoms with E-state index in [2.05, 4.69) is 0 Å². The Kier molecular flexibility index (Phi) is 3.48. The lowest BCUT2D eigenvalue weighted by Gasteiger charge is -2.29. The Morgan fingerprint density at radius 2 is 2.00 bits per heavy atom. The van der Waals surface area contributed by atoms with Crippen molar-refractivity contribution in [1.29, 1.82) is 0 Å². The fraction of sp³-hybridized carbons (Fsp3) is 1.00.